The highest BCUT2D eigenvalue weighted by atomic mass is 16.1. The lowest BCUT2D eigenvalue weighted by Crippen LogP contribution is -2.36. The van der Waals surface area contributed by atoms with Crippen molar-refractivity contribution in [1.29, 1.82) is 0 Å². The Balaban J connectivity index is 2.01. The summed E-state index contributed by atoms with van der Waals surface area (Å²) in [7, 11) is 0. The molecule has 6 heteroatoms. The number of carbonyl (C=O) groups excluding carboxylic acids is 1. The third-order valence-electron chi connectivity index (χ3n) is 3.69. The van der Waals surface area contributed by atoms with Crippen molar-refractivity contribution in [3.63, 3.8) is 0 Å². The summed E-state index contributed by atoms with van der Waals surface area (Å²) in [6.45, 7) is 7.53. The molecule has 2 aromatic heterocycles. The van der Waals surface area contributed by atoms with Gasteiger partial charge in [-0.1, -0.05) is 0 Å². The van der Waals surface area contributed by atoms with Gasteiger partial charge in [0.05, 0.1) is 5.69 Å². The highest BCUT2D eigenvalue weighted by molar-refractivity contribution is 6.01. The van der Waals surface area contributed by atoms with Crippen molar-refractivity contribution in [1.82, 2.24) is 25.2 Å². The Kier molecular flexibility index (Phi) is 3.17. The smallest absolute Gasteiger partial charge is 0.257 e. The normalized spacial score (nSPS) is 18.6. The van der Waals surface area contributed by atoms with E-state index in [-0.39, 0.29) is 11.9 Å². The number of nitrogens with one attached hydrogen (secondary N) is 2. The molecule has 1 atom stereocenters. The number of aryl methyl sites for hydroxylation is 3. The number of hydrogen-bond donors (Lipinski definition) is 2. The van der Waals surface area contributed by atoms with Crippen molar-refractivity contribution < 1.29 is 4.79 Å². The van der Waals surface area contributed by atoms with Gasteiger partial charge in [-0.05, 0) is 39.8 Å². The van der Waals surface area contributed by atoms with Crippen LogP contribution in [0.5, 0.6) is 0 Å². The molecule has 106 valence electrons. The molecular weight excluding hydrogens is 254 g/mol. The molecular formula is C14H19N5O. The second kappa shape index (κ2) is 4.86. The van der Waals surface area contributed by atoms with Gasteiger partial charge in [0.25, 0.3) is 5.91 Å². The molecule has 0 spiro atoms. The number of fused-ring (bicyclic) bond motifs is 1. The molecule has 0 radical (unpaired) electrons. The van der Waals surface area contributed by atoms with Crippen LogP contribution in [0.3, 0.4) is 0 Å². The maximum absolute atomic E-state index is 12.5. The highest BCUT2D eigenvalue weighted by Crippen LogP contribution is 2.16. The average molecular weight is 273 g/mol. The van der Waals surface area contributed by atoms with Gasteiger partial charge in [-0.2, -0.15) is 5.10 Å². The lowest BCUT2D eigenvalue weighted by atomic mass is 10.2. The molecule has 0 aliphatic carbocycles. The fourth-order valence-corrected chi connectivity index (χ4v) is 2.73. The predicted molar refractivity (Wildman–Crippen MR) is 75.9 cm³/mol. The molecule has 20 heavy (non-hydrogen) atoms. The zero-order valence-electron chi connectivity index (χ0n) is 12.0. The van der Waals surface area contributed by atoms with Crippen molar-refractivity contribution in [2.75, 3.05) is 13.1 Å². The van der Waals surface area contributed by atoms with Crippen molar-refractivity contribution in [3.8, 4) is 0 Å². The van der Waals surface area contributed by atoms with E-state index in [0.29, 0.717) is 11.2 Å². The van der Waals surface area contributed by atoms with Gasteiger partial charge in [0, 0.05) is 24.0 Å². The predicted octanol–water partition coefficient (Wildman–Crippen LogP) is 0.746. The molecule has 1 saturated heterocycles. The van der Waals surface area contributed by atoms with Crippen LogP contribution >= 0.6 is 0 Å². The van der Waals surface area contributed by atoms with E-state index >= 15 is 0 Å². The average Bonchev–Trinajstić information content (AvgIpc) is 2.96. The summed E-state index contributed by atoms with van der Waals surface area (Å²) in [5.74, 6) is -0.0799. The van der Waals surface area contributed by atoms with Gasteiger partial charge in [0.2, 0.25) is 0 Å². The zero-order valence-corrected chi connectivity index (χ0v) is 12.0. The van der Waals surface area contributed by atoms with Gasteiger partial charge in [0.15, 0.2) is 5.65 Å². The number of rotatable bonds is 2. The number of hydrogen-bond acceptors (Lipinski definition) is 4. The minimum Gasteiger partial charge on any atom is -0.348 e. The topological polar surface area (TPSA) is 71.3 Å². The van der Waals surface area contributed by atoms with E-state index in [4.69, 9.17) is 0 Å². The van der Waals surface area contributed by atoms with Crippen molar-refractivity contribution in [2.24, 2.45) is 0 Å². The number of carbonyl (C=O) groups is 1. The molecule has 2 N–H and O–H groups in total. The van der Waals surface area contributed by atoms with Gasteiger partial charge < -0.3 is 10.6 Å². The first-order valence-corrected chi connectivity index (χ1v) is 6.91. The largest absolute Gasteiger partial charge is 0.348 e. The fraction of sp³-hybridized carbons (Fsp3) is 0.500. The fourth-order valence-electron chi connectivity index (χ4n) is 2.73. The van der Waals surface area contributed by atoms with Crippen LogP contribution in [-0.4, -0.2) is 39.6 Å². The molecule has 1 amide bonds. The summed E-state index contributed by atoms with van der Waals surface area (Å²) in [4.78, 5) is 17.0. The standard InChI is InChI=1S/C14H19N5O/c1-8-6-9(2)19-13(16-8)12(10(3)18-19)14(20)17-11-4-5-15-7-11/h6,11,15H,4-5,7H2,1-3H3,(H,17,20). The molecule has 6 nitrogen and oxygen atoms in total. The van der Waals surface area contributed by atoms with Gasteiger partial charge in [-0.15, -0.1) is 0 Å². The number of nitrogens with zero attached hydrogens (tertiary/aromatic N) is 3. The minimum absolute atomic E-state index is 0.0799. The highest BCUT2D eigenvalue weighted by Gasteiger charge is 2.23. The molecule has 0 saturated carbocycles. The molecule has 0 aromatic carbocycles. The Morgan fingerprint density at radius 2 is 2.25 bits per heavy atom. The molecule has 2 aromatic rings. The number of aromatic nitrogens is 3. The zero-order chi connectivity index (χ0) is 14.3. The van der Waals surface area contributed by atoms with Crippen LogP contribution in [0, 0.1) is 20.8 Å². The van der Waals surface area contributed by atoms with Gasteiger partial charge >= 0.3 is 0 Å². The van der Waals surface area contributed by atoms with E-state index in [9.17, 15) is 4.79 Å². The number of amides is 1. The van der Waals surface area contributed by atoms with Gasteiger partial charge in [-0.3, -0.25) is 4.79 Å². The van der Waals surface area contributed by atoms with Crippen molar-refractivity contribution in [2.45, 2.75) is 33.2 Å². The van der Waals surface area contributed by atoms with Crippen LogP contribution < -0.4 is 10.6 Å². The van der Waals surface area contributed by atoms with E-state index in [1.807, 2.05) is 26.8 Å². The van der Waals surface area contributed by atoms with Crippen LogP contribution in [0.4, 0.5) is 0 Å². The monoisotopic (exact) mass is 273 g/mol. The quantitative estimate of drug-likeness (QED) is 0.847. The second-order valence-electron chi connectivity index (χ2n) is 5.40. The lowest BCUT2D eigenvalue weighted by Gasteiger charge is -2.10. The Morgan fingerprint density at radius 1 is 1.45 bits per heavy atom. The SMILES string of the molecule is Cc1cc(C)n2nc(C)c(C(=O)NC3CCNC3)c2n1. The third-order valence-corrected chi connectivity index (χ3v) is 3.69. The molecule has 3 heterocycles. The van der Waals surface area contributed by atoms with Gasteiger partial charge in [0.1, 0.15) is 5.56 Å². The molecule has 1 aliphatic heterocycles. The van der Waals surface area contributed by atoms with Crippen LogP contribution in [0.25, 0.3) is 5.65 Å². The van der Waals surface area contributed by atoms with E-state index in [0.717, 1.165) is 36.6 Å². The van der Waals surface area contributed by atoms with Crippen LogP contribution in [0.1, 0.15) is 33.9 Å². The molecule has 1 fully saturated rings. The van der Waals surface area contributed by atoms with E-state index in [1.54, 1.807) is 4.52 Å². The first-order chi connectivity index (χ1) is 9.56. The second-order valence-corrected chi connectivity index (χ2v) is 5.40. The first kappa shape index (κ1) is 13.1. The van der Waals surface area contributed by atoms with Crippen molar-refractivity contribution >= 4 is 11.6 Å². The lowest BCUT2D eigenvalue weighted by molar-refractivity contribution is 0.0941. The summed E-state index contributed by atoms with van der Waals surface area (Å²) in [5.41, 5.74) is 3.82. The third kappa shape index (κ3) is 2.16. The summed E-state index contributed by atoms with van der Waals surface area (Å²) in [6, 6.07) is 2.16. The molecule has 1 aliphatic rings. The molecule has 1 unspecified atom stereocenters. The van der Waals surface area contributed by atoms with E-state index < -0.39 is 0 Å². The van der Waals surface area contributed by atoms with Crippen LogP contribution in [-0.2, 0) is 0 Å². The maximum atomic E-state index is 12.5. The Labute approximate surface area is 117 Å². The Bertz CT molecular complexity index is 670. The summed E-state index contributed by atoms with van der Waals surface area (Å²) in [6.07, 6.45) is 0.968. The van der Waals surface area contributed by atoms with Crippen molar-refractivity contribution in [3.05, 3.63) is 28.7 Å². The Hall–Kier alpha value is -1.95. The van der Waals surface area contributed by atoms with E-state index in [2.05, 4.69) is 20.7 Å². The summed E-state index contributed by atoms with van der Waals surface area (Å²) < 4.78 is 1.74. The maximum Gasteiger partial charge on any atom is 0.257 e. The first-order valence-electron chi connectivity index (χ1n) is 6.91. The molecule has 3 rings (SSSR count). The van der Waals surface area contributed by atoms with E-state index in [1.165, 1.54) is 0 Å². The van der Waals surface area contributed by atoms with Crippen LogP contribution in [0.15, 0.2) is 6.07 Å². The Morgan fingerprint density at radius 3 is 2.95 bits per heavy atom. The van der Waals surface area contributed by atoms with Crippen LogP contribution in [0.2, 0.25) is 0 Å². The van der Waals surface area contributed by atoms with Gasteiger partial charge in [-0.25, -0.2) is 9.50 Å². The summed E-state index contributed by atoms with van der Waals surface area (Å²) >= 11 is 0. The summed E-state index contributed by atoms with van der Waals surface area (Å²) in [5, 5.41) is 10.7. The molecule has 0 bridgehead atoms. The minimum atomic E-state index is -0.0799.